The maximum atomic E-state index is 11.2. The minimum absolute atomic E-state index is 0. The molecule has 0 saturated carbocycles. The van der Waals surface area contributed by atoms with Crippen molar-refractivity contribution in [3.8, 4) is 5.75 Å². The Bertz CT molecular complexity index is 680. The van der Waals surface area contributed by atoms with Gasteiger partial charge in [0.25, 0.3) is 5.78 Å². The first-order valence-electron chi connectivity index (χ1n) is 6.94. The van der Waals surface area contributed by atoms with Gasteiger partial charge in [0.15, 0.2) is 0 Å². The van der Waals surface area contributed by atoms with E-state index in [-0.39, 0.29) is 42.4 Å². The Morgan fingerprint density at radius 1 is 0.917 bits per heavy atom. The van der Waals surface area contributed by atoms with Crippen LogP contribution in [-0.2, 0) is 27.5 Å². The van der Waals surface area contributed by atoms with Gasteiger partial charge in [-0.15, -0.1) is 6.26 Å². The van der Waals surface area contributed by atoms with Crippen molar-refractivity contribution in [2.24, 2.45) is 0 Å². The van der Waals surface area contributed by atoms with Gasteiger partial charge in [0, 0.05) is 0 Å². The van der Waals surface area contributed by atoms with Crippen molar-refractivity contribution in [2.45, 2.75) is 13.2 Å². The largest absolute Gasteiger partial charge is 1.00 e. The summed E-state index contributed by atoms with van der Waals surface area (Å²) < 4.78 is 10.4. The van der Waals surface area contributed by atoms with Crippen LogP contribution >= 0.6 is 0 Å². The van der Waals surface area contributed by atoms with Crippen LogP contribution in [-0.4, -0.2) is 11.8 Å². The van der Waals surface area contributed by atoms with Crippen LogP contribution in [0.15, 0.2) is 66.9 Å². The third-order valence-corrected chi connectivity index (χ3v) is 2.96. The Morgan fingerprint density at radius 2 is 1.54 bits per heavy atom. The molecule has 0 aliphatic rings. The Labute approximate surface area is 162 Å². The molecule has 0 atom stereocenters. The molecule has 0 amide bonds. The van der Waals surface area contributed by atoms with Gasteiger partial charge in [0.05, 0.1) is 0 Å². The summed E-state index contributed by atoms with van der Waals surface area (Å²) >= 11 is 0. The van der Waals surface area contributed by atoms with Crippen molar-refractivity contribution in [3.05, 3.63) is 78.1 Å². The van der Waals surface area contributed by atoms with E-state index in [2.05, 4.69) is 0 Å². The Morgan fingerprint density at radius 3 is 2.17 bits per heavy atom. The molecule has 0 spiro atoms. The van der Waals surface area contributed by atoms with Crippen LogP contribution in [0.3, 0.4) is 0 Å². The standard InChI is InChI=1S/C18H16O5.Na/c19-11-10-17(20)18(21)23-13-15-6-8-16(9-7-15)22-12-14-4-2-1-3-5-14;/h1-11,19H,12-13H2;/q;+1/p-1/b11-10-;. The summed E-state index contributed by atoms with van der Waals surface area (Å²) in [6, 6.07) is 16.8. The van der Waals surface area contributed by atoms with Crippen molar-refractivity contribution in [1.29, 1.82) is 0 Å². The molecule has 0 N–H and O–H groups in total. The molecule has 0 fully saturated rings. The van der Waals surface area contributed by atoms with Crippen LogP contribution < -0.4 is 39.4 Å². The van der Waals surface area contributed by atoms with Gasteiger partial charge in [-0.1, -0.05) is 42.5 Å². The Hall–Kier alpha value is -2.08. The van der Waals surface area contributed by atoms with E-state index in [1.54, 1.807) is 24.3 Å². The third-order valence-electron chi connectivity index (χ3n) is 2.96. The van der Waals surface area contributed by atoms with E-state index in [1.807, 2.05) is 30.3 Å². The number of esters is 1. The fourth-order valence-corrected chi connectivity index (χ4v) is 1.77. The van der Waals surface area contributed by atoms with Crippen LogP contribution in [0.25, 0.3) is 0 Å². The van der Waals surface area contributed by atoms with E-state index in [1.165, 1.54) is 0 Å². The number of carbonyl (C=O) groups is 2. The summed E-state index contributed by atoms with van der Waals surface area (Å²) in [7, 11) is 0. The summed E-state index contributed by atoms with van der Waals surface area (Å²) in [6.07, 6.45) is 0.880. The zero-order chi connectivity index (χ0) is 16.5. The molecule has 0 unspecified atom stereocenters. The molecule has 0 radical (unpaired) electrons. The number of ether oxygens (including phenoxy) is 2. The minimum Gasteiger partial charge on any atom is -0.878 e. The molecule has 5 nitrogen and oxygen atoms in total. The van der Waals surface area contributed by atoms with Gasteiger partial charge >= 0.3 is 35.5 Å². The molecule has 118 valence electrons. The average molecular weight is 334 g/mol. The normalized spacial score (nSPS) is 10.0. The quantitative estimate of drug-likeness (QED) is 0.208. The predicted molar refractivity (Wildman–Crippen MR) is 81.2 cm³/mol. The van der Waals surface area contributed by atoms with Crippen LogP contribution in [0.4, 0.5) is 0 Å². The Balaban J connectivity index is 0.00000288. The van der Waals surface area contributed by atoms with Crippen LogP contribution in [0.2, 0.25) is 0 Å². The van der Waals surface area contributed by atoms with Gasteiger partial charge < -0.3 is 14.6 Å². The molecule has 0 aromatic heterocycles. The first kappa shape index (κ1) is 20.0. The van der Waals surface area contributed by atoms with Crippen LogP contribution in [0, 0.1) is 0 Å². The van der Waals surface area contributed by atoms with Crippen LogP contribution in [0.5, 0.6) is 5.75 Å². The molecule has 24 heavy (non-hydrogen) atoms. The summed E-state index contributed by atoms with van der Waals surface area (Å²) in [5, 5.41) is 10.1. The van der Waals surface area contributed by atoms with Gasteiger partial charge in [-0.25, -0.2) is 4.79 Å². The maximum absolute atomic E-state index is 11.2. The SMILES string of the molecule is O=C(/C=C\[O-])C(=O)OCc1ccc(OCc2ccccc2)cc1.[Na+]. The predicted octanol–water partition coefficient (Wildman–Crippen LogP) is -1.24. The molecule has 0 heterocycles. The molecule has 0 saturated heterocycles. The second kappa shape index (κ2) is 10.6. The van der Waals surface area contributed by atoms with Gasteiger partial charge in [-0.2, -0.15) is 0 Å². The zero-order valence-corrected chi connectivity index (χ0v) is 15.3. The molecular formula is C18H15NaO5. The molecule has 6 heteroatoms. The second-order valence-electron chi connectivity index (χ2n) is 4.66. The van der Waals surface area contributed by atoms with Gasteiger partial charge in [-0.05, 0) is 29.3 Å². The molecule has 2 aromatic rings. The van der Waals surface area contributed by atoms with Crippen molar-refractivity contribution in [3.63, 3.8) is 0 Å². The van der Waals surface area contributed by atoms with Gasteiger partial charge in [0.2, 0.25) is 0 Å². The molecule has 0 bridgehead atoms. The maximum Gasteiger partial charge on any atom is 1.00 e. The topological polar surface area (TPSA) is 75.7 Å². The van der Waals surface area contributed by atoms with E-state index in [9.17, 15) is 14.7 Å². The van der Waals surface area contributed by atoms with Crippen molar-refractivity contribution < 1.29 is 53.7 Å². The average Bonchev–Trinajstić information content (AvgIpc) is 2.60. The van der Waals surface area contributed by atoms with E-state index in [0.717, 1.165) is 5.56 Å². The smallest absolute Gasteiger partial charge is 0.878 e. The molecule has 2 aromatic carbocycles. The summed E-state index contributed by atoms with van der Waals surface area (Å²) in [6.45, 7) is 0.418. The summed E-state index contributed by atoms with van der Waals surface area (Å²) in [5.74, 6) is -1.33. The number of ketones is 1. The number of hydrogen-bond donors (Lipinski definition) is 0. The van der Waals surface area contributed by atoms with E-state index < -0.39 is 11.8 Å². The summed E-state index contributed by atoms with van der Waals surface area (Å²) in [5.41, 5.74) is 1.78. The first-order chi connectivity index (χ1) is 11.2. The van der Waals surface area contributed by atoms with E-state index in [4.69, 9.17) is 9.47 Å². The molecule has 2 rings (SSSR count). The summed E-state index contributed by atoms with van der Waals surface area (Å²) in [4.78, 5) is 22.3. The number of hydrogen-bond acceptors (Lipinski definition) is 5. The zero-order valence-electron chi connectivity index (χ0n) is 13.3. The molecular weight excluding hydrogens is 319 g/mol. The minimum atomic E-state index is -1.05. The van der Waals surface area contributed by atoms with E-state index in [0.29, 0.717) is 24.0 Å². The van der Waals surface area contributed by atoms with Crippen LogP contribution in [0.1, 0.15) is 11.1 Å². The fourth-order valence-electron chi connectivity index (χ4n) is 1.77. The van der Waals surface area contributed by atoms with Crippen molar-refractivity contribution in [1.82, 2.24) is 0 Å². The number of rotatable bonds is 7. The molecule has 0 aliphatic carbocycles. The third kappa shape index (κ3) is 6.58. The van der Waals surface area contributed by atoms with Crippen molar-refractivity contribution >= 4 is 11.8 Å². The number of carbonyl (C=O) groups excluding carboxylic acids is 2. The van der Waals surface area contributed by atoms with Gasteiger partial charge in [0.1, 0.15) is 19.0 Å². The first-order valence-corrected chi connectivity index (χ1v) is 6.94. The number of benzene rings is 2. The fraction of sp³-hybridized carbons (Fsp3) is 0.111. The Kier molecular flexibility index (Phi) is 8.86. The van der Waals surface area contributed by atoms with Crippen molar-refractivity contribution in [2.75, 3.05) is 0 Å². The van der Waals surface area contributed by atoms with E-state index >= 15 is 0 Å². The monoisotopic (exact) mass is 334 g/mol. The molecule has 0 aliphatic heterocycles. The van der Waals surface area contributed by atoms with Gasteiger partial charge in [-0.3, -0.25) is 4.79 Å². The second-order valence-corrected chi connectivity index (χ2v) is 4.66.